The maximum Gasteiger partial charge on any atom is 0.165 e. The molecule has 1 aromatic rings. The minimum absolute atomic E-state index is 0.122. The first-order valence-electron chi connectivity index (χ1n) is 4.78. The van der Waals surface area contributed by atoms with Crippen molar-refractivity contribution in [1.82, 2.24) is 20.2 Å². The normalized spacial score (nSPS) is 32.4. The van der Waals surface area contributed by atoms with Crippen molar-refractivity contribution in [2.75, 3.05) is 6.61 Å². The fourth-order valence-electron chi connectivity index (χ4n) is 1.83. The topological polar surface area (TPSA) is 78.8 Å². The molecule has 0 spiro atoms. The summed E-state index contributed by atoms with van der Waals surface area (Å²) < 4.78 is 7.33. The van der Waals surface area contributed by atoms with Crippen LogP contribution in [0.25, 0.3) is 0 Å². The third-order valence-corrected chi connectivity index (χ3v) is 3.05. The number of rotatable bonds is 2. The monoisotopic (exact) mass is 197 g/mol. The zero-order valence-electron chi connectivity index (χ0n) is 8.47. The number of hydrogen-bond donors (Lipinski definition) is 1. The van der Waals surface area contributed by atoms with Crippen molar-refractivity contribution in [2.45, 2.75) is 38.5 Å². The highest BCUT2D eigenvalue weighted by Crippen LogP contribution is 2.32. The van der Waals surface area contributed by atoms with Gasteiger partial charge in [-0.15, -0.1) is 5.10 Å². The molecular formula is C8H15N5O. The molecule has 1 fully saturated rings. The first kappa shape index (κ1) is 9.54. The standard InChI is InChI=1S/C8H15N5O/c1-6-8(2,3-4-14-6)13-7(5-9)10-11-12-13/h6H,3-5,9H2,1-2H3. The summed E-state index contributed by atoms with van der Waals surface area (Å²) in [5.74, 6) is 0.713. The van der Waals surface area contributed by atoms with E-state index in [1.807, 2.05) is 6.92 Å². The van der Waals surface area contributed by atoms with E-state index >= 15 is 0 Å². The Labute approximate surface area is 82.4 Å². The van der Waals surface area contributed by atoms with Crippen molar-refractivity contribution in [3.05, 3.63) is 5.82 Å². The highest BCUT2D eigenvalue weighted by molar-refractivity contribution is 4.96. The molecule has 6 nitrogen and oxygen atoms in total. The molecule has 0 saturated carbocycles. The van der Waals surface area contributed by atoms with Crippen molar-refractivity contribution in [3.63, 3.8) is 0 Å². The molecule has 1 aliphatic heterocycles. The number of nitrogens with zero attached hydrogens (tertiary/aromatic N) is 4. The molecule has 1 aliphatic rings. The van der Waals surface area contributed by atoms with Crippen molar-refractivity contribution in [3.8, 4) is 0 Å². The summed E-state index contributed by atoms with van der Waals surface area (Å²) in [5.41, 5.74) is 5.41. The van der Waals surface area contributed by atoms with Crippen molar-refractivity contribution in [2.24, 2.45) is 5.73 Å². The van der Waals surface area contributed by atoms with Gasteiger partial charge in [0, 0.05) is 6.61 Å². The number of hydrogen-bond acceptors (Lipinski definition) is 5. The average Bonchev–Trinajstić information content (AvgIpc) is 2.75. The van der Waals surface area contributed by atoms with E-state index < -0.39 is 0 Å². The summed E-state index contributed by atoms with van der Waals surface area (Å²) in [6, 6.07) is 0. The minimum Gasteiger partial charge on any atom is -0.376 e. The predicted octanol–water partition coefficient (Wildman–Crippen LogP) is -0.344. The molecule has 0 amide bonds. The van der Waals surface area contributed by atoms with Gasteiger partial charge < -0.3 is 10.5 Å². The Morgan fingerprint density at radius 2 is 2.50 bits per heavy atom. The van der Waals surface area contributed by atoms with Gasteiger partial charge in [-0.05, 0) is 30.7 Å². The lowest BCUT2D eigenvalue weighted by molar-refractivity contribution is 0.0685. The van der Waals surface area contributed by atoms with Gasteiger partial charge in [0.05, 0.1) is 18.2 Å². The molecule has 14 heavy (non-hydrogen) atoms. The van der Waals surface area contributed by atoms with Crippen LogP contribution in [0, 0.1) is 0 Å². The average molecular weight is 197 g/mol. The second-order valence-corrected chi connectivity index (χ2v) is 3.83. The second-order valence-electron chi connectivity index (χ2n) is 3.83. The van der Waals surface area contributed by atoms with Gasteiger partial charge in [-0.1, -0.05) is 0 Å². The lowest BCUT2D eigenvalue weighted by Gasteiger charge is -2.27. The number of nitrogens with two attached hydrogens (primary N) is 1. The highest BCUT2D eigenvalue weighted by atomic mass is 16.5. The minimum atomic E-state index is -0.155. The van der Waals surface area contributed by atoms with E-state index in [4.69, 9.17) is 10.5 Å². The lowest BCUT2D eigenvalue weighted by Crippen LogP contribution is -2.39. The van der Waals surface area contributed by atoms with E-state index in [0.29, 0.717) is 12.4 Å². The van der Waals surface area contributed by atoms with Gasteiger partial charge in [0.25, 0.3) is 0 Å². The Bertz CT molecular complexity index is 325. The predicted molar refractivity (Wildman–Crippen MR) is 49.4 cm³/mol. The van der Waals surface area contributed by atoms with Gasteiger partial charge in [-0.25, -0.2) is 4.68 Å². The van der Waals surface area contributed by atoms with Crippen LogP contribution in [0.15, 0.2) is 0 Å². The molecule has 0 bridgehead atoms. The summed E-state index contributed by atoms with van der Waals surface area (Å²) in [7, 11) is 0. The fraction of sp³-hybridized carbons (Fsp3) is 0.875. The molecule has 1 saturated heterocycles. The van der Waals surface area contributed by atoms with Gasteiger partial charge in [-0.2, -0.15) is 0 Å². The Hall–Kier alpha value is -1.01. The molecule has 2 N–H and O–H groups in total. The Balaban J connectivity index is 2.37. The smallest absolute Gasteiger partial charge is 0.165 e. The number of tetrazole rings is 1. The summed E-state index contributed by atoms with van der Waals surface area (Å²) >= 11 is 0. The molecule has 6 heteroatoms. The number of ether oxygens (including phenoxy) is 1. The van der Waals surface area contributed by atoms with Gasteiger partial charge in [0.2, 0.25) is 0 Å². The molecule has 2 rings (SSSR count). The molecule has 0 aromatic carbocycles. The number of aromatic nitrogens is 4. The van der Waals surface area contributed by atoms with E-state index in [9.17, 15) is 0 Å². The van der Waals surface area contributed by atoms with E-state index in [-0.39, 0.29) is 11.6 Å². The van der Waals surface area contributed by atoms with Gasteiger partial charge in [0.15, 0.2) is 5.82 Å². The third-order valence-electron chi connectivity index (χ3n) is 3.05. The Kier molecular flexibility index (Phi) is 2.24. The van der Waals surface area contributed by atoms with Gasteiger partial charge in [-0.3, -0.25) is 0 Å². The molecule has 2 atom stereocenters. The first-order chi connectivity index (χ1) is 6.68. The lowest BCUT2D eigenvalue weighted by atomic mass is 9.95. The van der Waals surface area contributed by atoms with Crippen LogP contribution in [-0.2, 0) is 16.8 Å². The molecule has 1 aromatic heterocycles. The Morgan fingerprint density at radius 3 is 3.07 bits per heavy atom. The molecule has 2 unspecified atom stereocenters. The SMILES string of the molecule is CC1OCCC1(C)n1nnnc1CN. The zero-order valence-corrected chi connectivity index (χ0v) is 8.47. The maximum absolute atomic E-state index is 5.56. The van der Waals surface area contributed by atoms with Crippen LogP contribution >= 0.6 is 0 Å². The molecule has 0 radical (unpaired) electrons. The summed E-state index contributed by atoms with van der Waals surface area (Å²) in [6.45, 7) is 5.24. The largest absolute Gasteiger partial charge is 0.376 e. The molecular weight excluding hydrogens is 182 g/mol. The van der Waals surface area contributed by atoms with Crippen LogP contribution in [0.1, 0.15) is 26.1 Å². The summed E-state index contributed by atoms with van der Waals surface area (Å²) in [4.78, 5) is 0. The van der Waals surface area contributed by atoms with Crippen LogP contribution < -0.4 is 5.73 Å². The van der Waals surface area contributed by atoms with E-state index in [1.54, 1.807) is 4.68 Å². The van der Waals surface area contributed by atoms with E-state index in [0.717, 1.165) is 13.0 Å². The van der Waals surface area contributed by atoms with Crippen molar-refractivity contribution < 1.29 is 4.74 Å². The van der Waals surface area contributed by atoms with Crippen LogP contribution in [-0.4, -0.2) is 32.9 Å². The summed E-state index contributed by atoms with van der Waals surface area (Å²) in [5, 5.41) is 11.5. The second kappa shape index (κ2) is 3.29. The van der Waals surface area contributed by atoms with Crippen molar-refractivity contribution >= 4 is 0 Å². The molecule has 2 heterocycles. The van der Waals surface area contributed by atoms with E-state index in [2.05, 4.69) is 22.4 Å². The zero-order chi connectivity index (χ0) is 10.2. The highest BCUT2D eigenvalue weighted by Gasteiger charge is 2.41. The quantitative estimate of drug-likeness (QED) is 0.701. The first-order valence-corrected chi connectivity index (χ1v) is 4.78. The fourth-order valence-corrected chi connectivity index (χ4v) is 1.83. The van der Waals surface area contributed by atoms with Crippen LogP contribution in [0.3, 0.4) is 0 Å². The summed E-state index contributed by atoms with van der Waals surface area (Å²) in [6.07, 6.45) is 1.04. The van der Waals surface area contributed by atoms with Crippen molar-refractivity contribution in [1.29, 1.82) is 0 Å². The van der Waals surface area contributed by atoms with Crippen LogP contribution in [0.2, 0.25) is 0 Å². The third kappa shape index (κ3) is 1.22. The molecule has 0 aliphatic carbocycles. The van der Waals surface area contributed by atoms with E-state index in [1.165, 1.54) is 0 Å². The van der Waals surface area contributed by atoms with Crippen LogP contribution in [0.4, 0.5) is 0 Å². The van der Waals surface area contributed by atoms with Crippen LogP contribution in [0.5, 0.6) is 0 Å². The van der Waals surface area contributed by atoms with Gasteiger partial charge >= 0.3 is 0 Å². The van der Waals surface area contributed by atoms with Gasteiger partial charge in [0.1, 0.15) is 0 Å². The Morgan fingerprint density at radius 1 is 1.71 bits per heavy atom. The molecule has 78 valence electrons. The maximum atomic E-state index is 5.56.